The van der Waals surface area contributed by atoms with Crippen LogP contribution in [0, 0.1) is 5.92 Å². The number of amides is 1. The van der Waals surface area contributed by atoms with Crippen molar-refractivity contribution in [2.75, 3.05) is 33.7 Å². The number of likely N-dealkylation sites (tertiary alicyclic amines) is 1. The molecule has 1 heterocycles. The molecule has 102 valence electrons. The fourth-order valence-corrected chi connectivity index (χ4v) is 2.43. The molecule has 0 unspecified atom stereocenters. The number of rotatable bonds is 4. The highest BCUT2D eigenvalue weighted by atomic mass is 16.4. The van der Waals surface area contributed by atoms with Crippen molar-refractivity contribution in [3.05, 3.63) is 29.8 Å². The van der Waals surface area contributed by atoms with Gasteiger partial charge in [0.25, 0.3) is 5.91 Å². The van der Waals surface area contributed by atoms with Gasteiger partial charge >= 0.3 is 7.12 Å². The molecule has 0 atom stereocenters. The lowest BCUT2D eigenvalue weighted by atomic mass is 9.80. The lowest BCUT2D eigenvalue weighted by Crippen LogP contribution is -2.49. The standard InChI is InChI=1S/C13H19BN2O3/c1-15-7-10(8-15)9-16(2)13(17)11-3-5-12(6-4-11)14(18)19/h3-6,10,18-19H,7-9H2,1-2H3. The second kappa shape index (κ2) is 5.73. The van der Waals surface area contributed by atoms with Crippen LogP contribution in [0.25, 0.3) is 0 Å². The topological polar surface area (TPSA) is 64.0 Å². The average Bonchev–Trinajstić information content (AvgIpc) is 2.36. The summed E-state index contributed by atoms with van der Waals surface area (Å²) in [6.45, 7) is 2.83. The van der Waals surface area contributed by atoms with Crippen molar-refractivity contribution in [2.45, 2.75) is 0 Å². The van der Waals surface area contributed by atoms with Crippen LogP contribution in [-0.4, -0.2) is 66.6 Å². The quantitative estimate of drug-likeness (QED) is 0.683. The third-order valence-corrected chi connectivity index (χ3v) is 3.47. The summed E-state index contributed by atoms with van der Waals surface area (Å²) in [6, 6.07) is 6.37. The molecule has 0 saturated carbocycles. The number of benzene rings is 1. The minimum Gasteiger partial charge on any atom is -0.423 e. The Morgan fingerprint density at radius 3 is 2.42 bits per heavy atom. The Morgan fingerprint density at radius 2 is 1.95 bits per heavy atom. The monoisotopic (exact) mass is 262 g/mol. The average molecular weight is 262 g/mol. The molecular weight excluding hydrogens is 243 g/mol. The van der Waals surface area contributed by atoms with Crippen molar-refractivity contribution in [1.82, 2.24) is 9.80 Å². The Morgan fingerprint density at radius 1 is 1.37 bits per heavy atom. The fourth-order valence-electron chi connectivity index (χ4n) is 2.43. The summed E-state index contributed by atoms with van der Waals surface area (Å²) in [7, 11) is 2.37. The molecule has 0 bridgehead atoms. The molecule has 2 N–H and O–H groups in total. The van der Waals surface area contributed by atoms with Gasteiger partial charge in [0.15, 0.2) is 0 Å². The molecule has 0 aliphatic carbocycles. The van der Waals surface area contributed by atoms with Gasteiger partial charge in [0.1, 0.15) is 0 Å². The SMILES string of the molecule is CN1CC(CN(C)C(=O)c2ccc(B(O)O)cc2)C1. The Kier molecular flexibility index (Phi) is 4.24. The number of nitrogens with zero attached hydrogens (tertiary/aromatic N) is 2. The molecule has 6 heteroatoms. The van der Waals surface area contributed by atoms with Crippen LogP contribution < -0.4 is 5.46 Å². The number of hydrogen-bond acceptors (Lipinski definition) is 4. The summed E-state index contributed by atoms with van der Waals surface area (Å²) < 4.78 is 0. The summed E-state index contributed by atoms with van der Waals surface area (Å²) in [4.78, 5) is 16.1. The van der Waals surface area contributed by atoms with Gasteiger partial charge in [-0.05, 0) is 24.6 Å². The van der Waals surface area contributed by atoms with Crippen molar-refractivity contribution in [3.63, 3.8) is 0 Å². The number of hydrogen-bond donors (Lipinski definition) is 2. The third kappa shape index (κ3) is 3.35. The van der Waals surface area contributed by atoms with Crippen LogP contribution >= 0.6 is 0 Å². The van der Waals surface area contributed by atoms with Crippen molar-refractivity contribution in [2.24, 2.45) is 5.92 Å². The molecule has 5 nitrogen and oxygen atoms in total. The molecule has 0 spiro atoms. The summed E-state index contributed by atoms with van der Waals surface area (Å²) in [5, 5.41) is 18.0. The molecule has 1 aromatic carbocycles. The Bertz CT molecular complexity index is 444. The van der Waals surface area contributed by atoms with E-state index >= 15 is 0 Å². The molecule has 2 rings (SSSR count). The van der Waals surface area contributed by atoms with Gasteiger partial charge in [0.2, 0.25) is 0 Å². The summed E-state index contributed by atoms with van der Waals surface area (Å²) in [5.74, 6) is 0.519. The first kappa shape index (κ1) is 14.1. The van der Waals surface area contributed by atoms with E-state index in [4.69, 9.17) is 10.0 Å². The van der Waals surface area contributed by atoms with Crippen LogP contribution in [0.2, 0.25) is 0 Å². The largest absolute Gasteiger partial charge is 0.488 e. The Labute approximate surface area is 113 Å². The molecular formula is C13H19BN2O3. The number of carbonyl (C=O) groups excluding carboxylic acids is 1. The highest BCUT2D eigenvalue weighted by Gasteiger charge is 2.26. The van der Waals surface area contributed by atoms with E-state index in [9.17, 15) is 4.79 Å². The first-order valence-electron chi connectivity index (χ1n) is 6.37. The van der Waals surface area contributed by atoms with Crippen molar-refractivity contribution in [1.29, 1.82) is 0 Å². The summed E-state index contributed by atoms with van der Waals surface area (Å²) in [5.41, 5.74) is 0.958. The molecule has 1 saturated heterocycles. The van der Waals surface area contributed by atoms with Gasteiger partial charge in [-0.15, -0.1) is 0 Å². The van der Waals surface area contributed by atoms with Crippen LogP contribution in [0.5, 0.6) is 0 Å². The smallest absolute Gasteiger partial charge is 0.423 e. The number of carbonyl (C=O) groups is 1. The van der Waals surface area contributed by atoms with Gasteiger partial charge in [0.05, 0.1) is 0 Å². The van der Waals surface area contributed by atoms with Crippen LogP contribution in [0.15, 0.2) is 24.3 Å². The van der Waals surface area contributed by atoms with E-state index in [1.165, 1.54) is 0 Å². The maximum absolute atomic E-state index is 12.2. The minimum atomic E-state index is -1.49. The highest BCUT2D eigenvalue weighted by Crippen LogP contribution is 2.14. The highest BCUT2D eigenvalue weighted by molar-refractivity contribution is 6.58. The second-order valence-electron chi connectivity index (χ2n) is 5.27. The van der Waals surface area contributed by atoms with E-state index < -0.39 is 7.12 Å². The molecule has 1 aliphatic heterocycles. The lowest BCUT2D eigenvalue weighted by molar-refractivity contribution is 0.0646. The molecule has 19 heavy (non-hydrogen) atoms. The first-order chi connectivity index (χ1) is 8.97. The van der Waals surface area contributed by atoms with Crippen LogP contribution in [-0.2, 0) is 0 Å². The predicted molar refractivity (Wildman–Crippen MR) is 74.2 cm³/mol. The molecule has 1 aliphatic rings. The zero-order valence-electron chi connectivity index (χ0n) is 11.3. The van der Waals surface area contributed by atoms with E-state index in [-0.39, 0.29) is 5.91 Å². The van der Waals surface area contributed by atoms with Gasteiger partial charge in [-0.3, -0.25) is 4.79 Å². The van der Waals surface area contributed by atoms with Crippen molar-refractivity contribution >= 4 is 18.5 Å². The minimum absolute atomic E-state index is 0.0338. The van der Waals surface area contributed by atoms with E-state index in [2.05, 4.69) is 11.9 Å². The van der Waals surface area contributed by atoms with E-state index in [0.717, 1.165) is 19.6 Å². The predicted octanol–water partition coefficient (Wildman–Crippen LogP) is -1.000. The third-order valence-electron chi connectivity index (χ3n) is 3.47. The van der Waals surface area contributed by atoms with Crippen LogP contribution in [0.4, 0.5) is 0 Å². The van der Waals surface area contributed by atoms with E-state index in [1.54, 1.807) is 36.2 Å². The van der Waals surface area contributed by atoms with Gasteiger partial charge in [-0.1, -0.05) is 12.1 Å². The maximum atomic E-state index is 12.2. The van der Waals surface area contributed by atoms with E-state index in [1.807, 2.05) is 0 Å². The van der Waals surface area contributed by atoms with Crippen molar-refractivity contribution < 1.29 is 14.8 Å². The van der Waals surface area contributed by atoms with Gasteiger partial charge in [-0.2, -0.15) is 0 Å². The second-order valence-corrected chi connectivity index (χ2v) is 5.27. The zero-order valence-corrected chi connectivity index (χ0v) is 11.3. The van der Waals surface area contributed by atoms with Gasteiger partial charge in [-0.25, -0.2) is 0 Å². The zero-order chi connectivity index (χ0) is 14.0. The molecule has 1 amide bonds. The Hall–Kier alpha value is -1.37. The lowest BCUT2D eigenvalue weighted by Gasteiger charge is -2.38. The molecule has 1 fully saturated rings. The summed E-state index contributed by atoms with van der Waals surface area (Å²) in [6.07, 6.45) is 0. The van der Waals surface area contributed by atoms with Gasteiger partial charge < -0.3 is 19.8 Å². The normalized spacial score (nSPS) is 16.0. The van der Waals surface area contributed by atoms with E-state index in [0.29, 0.717) is 16.9 Å². The van der Waals surface area contributed by atoms with Crippen LogP contribution in [0.3, 0.4) is 0 Å². The molecule has 1 aromatic rings. The first-order valence-corrected chi connectivity index (χ1v) is 6.37. The molecule has 0 radical (unpaired) electrons. The van der Waals surface area contributed by atoms with Gasteiger partial charge in [0, 0.05) is 38.2 Å². The Balaban J connectivity index is 1.94. The summed E-state index contributed by atoms with van der Waals surface area (Å²) >= 11 is 0. The maximum Gasteiger partial charge on any atom is 0.488 e. The fraction of sp³-hybridized carbons (Fsp3) is 0.462. The van der Waals surface area contributed by atoms with Crippen molar-refractivity contribution in [3.8, 4) is 0 Å². The molecule has 0 aromatic heterocycles. The van der Waals surface area contributed by atoms with Crippen LogP contribution in [0.1, 0.15) is 10.4 Å².